The highest BCUT2D eigenvalue weighted by molar-refractivity contribution is 7.10. The SMILES string of the molecule is C[C@@]12C[C@@H]1N(C(=O)CNC(=O)CCCOc1ccccc1)[C@H](C(=O)NCc1cc(C(=N)N)cs1)C2. The lowest BCUT2D eigenvalue weighted by atomic mass is 10.0. The van der Waals surface area contributed by atoms with Gasteiger partial charge in [0.15, 0.2) is 0 Å². The van der Waals surface area contributed by atoms with Crippen LogP contribution in [-0.4, -0.2) is 53.7 Å². The maximum atomic E-state index is 13.0. The molecule has 0 bridgehead atoms. The Balaban J connectivity index is 1.23. The lowest BCUT2D eigenvalue weighted by Crippen LogP contribution is -2.50. The van der Waals surface area contributed by atoms with E-state index in [1.165, 1.54) is 11.3 Å². The molecule has 2 aliphatic rings. The third kappa shape index (κ3) is 6.00. The number of hydrogen-bond donors (Lipinski definition) is 4. The molecule has 1 aromatic carbocycles. The van der Waals surface area contributed by atoms with E-state index in [9.17, 15) is 14.4 Å². The second kappa shape index (κ2) is 10.5. The van der Waals surface area contributed by atoms with Crippen LogP contribution < -0.4 is 21.1 Å². The van der Waals surface area contributed by atoms with Crippen LogP contribution in [0.1, 0.15) is 43.0 Å². The number of nitrogens with zero attached hydrogens (tertiary/aromatic N) is 1. The van der Waals surface area contributed by atoms with Gasteiger partial charge in [0.05, 0.1) is 19.7 Å². The van der Waals surface area contributed by atoms with Crippen LogP contribution in [0.15, 0.2) is 41.8 Å². The maximum Gasteiger partial charge on any atom is 0.243 e. The molecule has 2 fully saturated rings. The molecule has 5 N–H and O–H groups in total. The molecule has 1 saturated heterocycles. The fourth-order valence-corrected chi connectivity index (χ4v) is 5.38. The van der Waals surface area contributed by atoms with Crippen molar-refractivity contribution in [1.29, 1.82) is 5.41 Å². The Bertz CT molecular complexity index is 1100. The maximum absolute atomic E-state index is 13.0. The summed E-state index contributed by atoms with van der Waals surface area (Å²) in [5.41, 5.74) is 6.09. The van der Waals surface area contributed by atoms with Crippen LogP contribution in [0.2, 0.25) is 0 Å². The van der Waals surface area contributed by atoms with Gasteiger partial charge in [-0.15, -0.1) is 11.3 Å². The molecule has 1 aliphatic heterocycles. The van der Waals surface area contributed by atoms with Crippen LogP contribution in [0.4, 0.5) is 0 Å². The third-order valence-electron chi connectivity index (χ3n) is 6.62. The van der Waals surface area contributed by atoms with E-state index in [0.717, 1.165) is 17.0 Å². The van der Waals surface area contributed by atoms with Gasteiger partial charge in [-0.2, -0.15) is 0 Å². The van der Waals surface area contributed by atoms with Crippen LogP contribution in [0.5, 0.6) is 5.75 Å². The quantitative estimate of drug-likeness (QED) is 0.214. The van der Waals surface area contributed by atoms with Gasteiger partial charge >= 0.3 is 0 Å². The van der Waals surface area contributed by atoms with Crippen molar-refractivity contribution >= 4 is 34.9 Å². The molecule has 1 saturated carbocycles. The molecule has 0 unspecified atom stereocenters. The Labute approximate surface area is 208 Å². The topological polar surface area (TPSA) is 138 Å². The van der Waals surface area contributed by atoms with Gasteiger partial charge < -0.3 is 26.0 Å². The molecule has 3 amide bonds. The summed E-state index contributed by atoms with van der Waals surface area (Å²) in [5, 5.41) is 14.9. The zero-order valence-electron chi connectivity index (χ0n) is 19.7. The van der Waals surface area contributed by atoms with E-state index < -0.39 is 6.04 Å². The number of likely N-dealkylation sites (tertiary alicyclic amines) is 1. The number of para-hydroxylation sites is 1. The summed E-state index contributed by atoms with van der Waals surface area (Å²) in [5.74, 6) is 0.0967. The van der Waals surface area contributed by atoms with E-state index >= 15 is 0 Å². The van der Waals surface area contributed by atoms with Crippen molar-refractivity contribution in [2.75, 3.05) is 13.2 Å². The predicted molar refractivity (Wildman–Crippen MR) is 133 cm³/mol. The largest absolute Gasteiger partial charge is 0.494 e. The highest BCUT2D eigenvalue weighted by Gasteiger charge is 2.64. The number of fused-ring (bicyclic) bond motifs is 1. The average molecular weight is 498 g/mol. The minimum atomic E-state index is -0.547. The summed E-state index contributed by atoms with van der Waals surface area (Å²) >= 11 is 1.42. The van der Waals surface area contributed by atoms with Crippen LogP contribution in [0.25, 0.3) is 0 Å². The Hall–Kier alpha value is -3.40. The summed E-state index contributed by atoms with van der Waals surface area (Å²) in [6.07, 6.45) is 2.29. The van der Waals surface area contributed by atoms with E-state index in [1.54, 1.807) is 16.3 Å². The first-order valence-electron chi connectivity index (χ1n) is 11.7. The first kappa shape index (κ1) is 24.7. The van der Waals surface area contributed by atoms with E-state index in [-0.39, 0.29) is 48.0 Å². The van der Waals surface area contributed by atoms with Crippen molar-refractivity contribution in [2.45, 2.75) is 51.2 Å². The summed E-state index contributed by atoms with van der Waals surface area (Å²) < 4.78 is 5.59. The van der Waals surface area contributed by atoms with Crippen molar-refractivity contribution in [3.05, 3.63) is 52.2 Å². The fraction of sp³-hybridized carbons (Fsp3) is 0.440. The highest BCUT2D eigenvalue weighted by atomic mass is 32.1. The van der Waals surface area contributed by atoms with Crippen molar-refractivity contribution in [1.82, 2.24) is 15.5 Å². The molecule has 4 rings (SSSR count). The van der Waals surface area contributed by atoms with Gasteiger partial charge in [-0.3, -0.25) is 19.8 Å². The summed E-state index contributed by atoms with van der Waals surface area (Å²) in [6.45, 7) is 2.70. The molecule has 1 aromatic heterocycles. The van der Waals surface area contributed by atoms with Gasteiger partial charge in [0.2, 0.25) is 17.7 Å². The Kier molecular flexibility index (Phi) is 7.39. The number of thiophene rings is 1. The Morgan fingerprint density at radius 1 is 1.23 bits per heavy atom. The second-order valence-corrected chi connectivity index (χ2v) is 10.4. The molecule has 0 radical (unpaired) electrons. The number of benzene rings is 1. The van der Waals surface area contributed by atoms with Gasteiger partial charge in [-0.1, -0.05) is 25.1 Å². The van der Waals surface area contributed by atoms with Crippen molar-refractivity contribution in [3.8, 4) is 5.75 Å². The summed E-state index contributed by atoms with van der Waals surface area (Å²) in [6, 6.07) is 10.7. The molecular formula is C25H31N5O4S. The normalized spacial score (nSPS) is 22.3. The van der Waals surface area contributed by atoms with Gasteiger partial charge in [-0.25, -0.2) is 0 Å². The number of amidine groups is 1. The molecule has 0 spiro atoms. The molecule has 35 heavy (non-hydrogen) atoms. The number of rotatable bonds is 11. The van der Waals surface area contributed by atoms with Gasteiger partial charge in [0, 0.05) is 28.3 Å². The van der Waals surface area contributed by atoms with Crippen LogP contribution >= 0.6 is 11.3 Å². The van der Waals surface area contributed by atoms with Gasteiger partial charge in [-0.05, 0) is 42.9 Å². The second-order valence-electron chi connectivity index (χ2n) is 9.37. The highest BCUT2D eigenvalue weighted by Crippen LogP contribution is 2.59. The van der Waals surface area contributed by atoms with Crippen LogP contribution in [0.3, 0.4) is 0 Å². The Morgan fingerprint density at radius 2 is 2.00 bits per heavy atom. The molecule has 2 heterocycles. The minimum absolute atomic E-state index is 0.00910. The number of nitrogen functional groups attached to an aromatic ring is 1. The van der Waals surface area contributed by atoms with E-state index in [0.29, 0.717) is 31.6 Å². The molecule has 9 nitrogen and oxygen atoms in total. The standard InChI is InChI=1S/C25H31N5O4S/c1-25-11-19(24(33)29-13-18-10-16(15-35-18)23(26)27)30(20(25)12-25)22(32)14-28-21(31)8-5-9-34-17-6-3-2-4-7-17/h2-4,6-7,10,15,19-20H,5,8-9,11-14H2,1H3,(H3,26,27)(H,28,31)(H,29,33)/t19-,20-,25+/m0/s1. The number of carbonyl (C=O) groups is 3. The third-order valence-corrected chi connectivity index (χ3v) is 7.56. The number of piperidine rings is 1. The van der Waals surface area contributed by atoms with Gasteiger partial charge in [0.25, 0.3) is 0 Å². The molecule has 3 atom stereocenters. The number of hydrogen-bond acceptors (Lipinski definition) is 6. The van der Waals surface area contributed by atoms with Crippen molar-refractivity contribution in [3.63, 3.8) is 0 Å². The van der Waals surface area contributed by atoms with Crippen LogP contribution in [-0.2, 0) is 20.9 Å². The number of carbonyl (C=O) groups excluding carboxylic acids is 3. The number of amides is 3. The molecular weight excluding hydrogens is 466 g/mol. The molecule has 1 aliphatic carbocycles. The van der Waals surface area contributed by atoms with E-state index in [1.807, 2.05) is 30.3 Å². The lowest BCUT2D eigenvalue weighted by molar-refractivity contribution is -0.140. The number of nitrogens with one attached hydrogen (secondary N) is 3. The first-order valence-corrected chi connectivity index (χ1v) is 12.6. The van der Waals surface area contributed by atoms with E-state index in [4.69, 9.17) is 15.9 Å². The van der Waals surface area contributed by atoms with Crippen molar-refractivity contribution in [2.24, 2.45) is 11.1 Å². The number of nitrogens with two attached hydrogens (primary N) is 1. The molecule has 10 heteroatoms. The summed E-state index contributed by atoms with van der Waals surface area (Å²) in [7, 11) is 0. The van der Waals surface area contributed by atoms with E-state index in [2.05, 4.69) is 17.6 Å². The minimum Gasteiger partial charge on any atom is -0.494 e. The summed E-state index contributed by atoms with van der Waals surface area (Å²) in [4.78, 5) is 40.7. The fourth-order valence-electron chi connectivity index (χ4n) is 4.56. The van der Waals surface area contributed by atoms with Crippen molar-refractivity contribution < 1.29 is 19.1 Å². The van der Waals surface area contributed by atoms with Crippen LogP contribution in [0, 0.1) is 10.8 Å². The number of ether oxygens (including phenoxy) is 1. The molecule has 2 aromatic rings. The zero-order chi connectivity index (χ0) is 25.0. The average Bonchev–Trinajstić information content (AvgIpc) is 3.18. The molecule has 186 valence electrons. The zero-order valence-corrected chi connectivity index (χ0v) is 20.5. The Morgan fingerprint density at radius 3 is 2.71 bits per heavy atom. The smallest absolute Gasteiger partial charge is 0.243 e. The monoisotopic (exact) mass is 497 g/mol. The first-order chi connectivity index (χ1) is 16.8. The predicted octanol–water partition coefficient (Wildman–Crippen LogP) is 2.00. The van der Waals surface area contributed by atoms with Gasteiger partial charge in [0.1, 0.15) is 17.6 Å². The lowest BCUT2D eigenvalue weighted by Gasteiger charge is -2.27.